The van der Waals surface area contributed by atoms with Crippen LogP contribution in [0.3, 0.4) is 0 Å². The van der Waals surface area contributed by atoms with Crippen LogP contribution >= 0.6 is 0 Å². The van der Waals surface area contributed by atoms with Crippen LogP contribution in [-0.4, -0.2) is 44.6 Å². The van der Waals surface area contributed by atoms with Gasteiger partial charge >= 0.3 is 5.97 Å². The van der Waals surface area contributed by atoms with Crippen molar-refractivity contribution in [2.45, 2.75) is 6.42 Å². The Kier molecular flexibility index (Phi) is 5.71. The van der Waals surface area contributed by atoms with Crippen molar-refractivity contribution >= 4 is 23.5 Å². The number of anilines is 1. The predicted molar refractivity (Wildman–Crippen MR) is 98.8 cm³/mol. The Morgan fingerprint density at radius 2 is 1.81 bits per heavy atom. The Bertz CT molecular complexity index is 865. The normalized spacial score (nSPS) is 12.3. The van der Waals surface area contributed by atoms with Crippen LogP contribution in [0.1, 0.15) is 15.9 Å². The Morgan fingerprint density at radius 1 is 1.07 bits per heavy atom. The fourth-order valence-corrected chi connectivity index (χ4v) is 2.95. The van der Waals surface area contributed by atoms with Crippen molar-refractivity contribution in [2.75, 3.05) is 31.7 Å². The van der Waals surface area contributed by atoms with E-state index in [1.165, 1.54) is 7.11 Å². The molecule has 0 saturated carbocycles. The van der Waals surface area contributed by atoms with Crippen molar-refractivity contribution in [3.05, 3.63) is 59.7 Å². The van der Waals surface area contributed by atoms with Gasteiger partial charge in [0.05, 0.1) is 12.7 Å². The first-order valence-electron chi connectivity index (χ1n) is 8.55. The molecule has 0 spiro atoms. The third kappa shape index (κ3) is 4.25. The number of carbonyl (C=O) groups is 3. The van der Waals surface area contributed by atoms with E-state index >= 15 is 0 Å². The number of nitrogens with one attached hydrogen (secondary N) is 1. The van der Waals surface area contributed by atoms with E-state index in [2.05, 4.69) is 5.32 Å². The Morgan fingerprint density at radius 3 is 2.63 bits per heavy atom. The summed E-state index contributed by atoms with van der Waals surface area (Å²) in [6.07, 6.45) is 0.783. The Labute approximate surface area is 156 Å². The number of rotatable bonds is 6. The molecule has 0 bridgehead atoms. The lowest BCUT2D eigenvalue weighted by Gasteiger charge is -2.17. The highest BCUT2D eigenvalue weighted by molar-refractivity contribution is 5.99. The lowest BCUT2D eigenvalue weighted by Crippen LogP contribution is -2.36. The number of benzene rings is 2. The first-order chi connectivity index (χ1) is 13.1. The van der Waals surface area contributed by atoms with E-state index in [0.29, 0.717) is 17.9 Å². The topological polar surface area (TPSA) is 84.9 Å². The average Bonchev–Trinajstić information content (AvgIpc) is 3.14. The second kappa shape index (κ2) is 8.35. The number of para-hydroxylation sites is 2. The molecule has 140 valence electrons. The number of esters is 1. The molecule has 27 heavy (non-hydrogen) atoms. The number of carbonyl (C=O) groups excluding carboxylic acids is 3. The van der Waals surface area contributed by atoms with Crippen molar-refractivity contribution in [3.8, 4) is 5.75 Å². The van der Waals surface area contributed by atoms with Gasteiger partial charge in [-0.25, -0.2) is 0 Å². The number of amides is 2. The van der Waals surface area contributed by atoms with Crippen LogP contribution in [0.15, 0.2) is 48.5 Å². The van der Waals surface area contributed by atoms with E-state index < -0.39 is 11.9 Å². The predicted octanol–water partition coefficient (Wildman–Crippen LogP) is 1.56. The molecular weight excluding hydrogens is 348 g/mol. The van der Waals surface area contributed by atoms with Crippen LogP contribution in [0, 0.1) is 0 Å². The van der Waals surface area contributed by atoms with Gasteiger partial charge in [-0.05, 0) is 30.2 Å². The first-order valence-corrected chi connectivity index (χ1v) is 8.55. The molecule has 0 aromatic heterocycles. The summed E-state index contributed by atoms with van der Waals surface area (Å²) >= 11 is 0. The number of hydrogen-bond donors (Lipinski definition) is 1. The number of fused-ring (bicyclic) bond motifs is 1. The van der Waals surface area contributed by atoms with Gasteiger partial charge in [0.2, 0.25) is 0 Å². The van der Waals surface area contributed by atoms with Crippen molar-refractivity contribution in [3.63, 3.8) is 0 Å². The summed E-state index contributed by atoms with van der Waals surface area (Å²) in [5, 5.41) is 2.46. The summed E-state index contributed by atoms with van der Waals surface area (Å²) in [6.45, 7) is -0.126. The molecule has 0 radical (unpaired) electrons. The van der Waals surface area contributed by atoms with Gasteiger partial charge in [0, 0.05) is 12.2 Å². The number of nitrogens with zero attached hydrogens (tertiary/aromatic N) is 1. The maximum atomic E-state index is 12.3. The van der Waals surface area contributed by atoms with E-state index in [-0.39, 0.29) is 19.1 Å². The summed E-state index contributed by atoms with van der Waals surface area (Å²) in [4.78, 5) is 37.9. The van der Waals surface area contributed by atoms with Crippen LogP contribution in [-0.2, 0) is 20.7 Å². The maximum absolute atomic E-state index is 12.3. The molecule has 1 N–H and O–H groups in total. The molecule has 0 atom stereocenters. The van der Waals surface area contributed by atoms with Crippen molar-refractivity contribution in [1.82, 2.24) is 5.32 Å². The molecule has 1 heterocycles. The van der Waals surface area contributed by atoms with E-state index in [4.69, 9.17) is 9.47 Å². The third-order valence-electron chi connectivity index (χ3n) is 4.29. The molecule has 0 saturated heterocycles. The van der Waals surface area contributed by atoms with Gasteiger partial charge in [-0.15, -0.1) is 0 Å². The largest absolute Gasteiger partial charge is 0.496 e. The summed E-state index contributed by atoms with van der Waals surface area (Å²) in [6, 6.07) is 14.3. The Balaban J connectivity index is 1.47. The van der Waals surface area contributed by atoms with Crippen molar-refractivity contribution in [1.29, 1.82) is 0 Å². The minimum Gasteiger partial charge on any atom is -0.496 e. The standard InChI is InChI=1S/C20H20N2O5/c1-26-17-9-5-3-7-15(17)20(25)21-12-19(24)27-13-18(23)22-11-10-14-6-2-4-8-16(14)22/h2-9H,10-13H2,1H3,(H,21,25). The summed E-state index contributed by atoms with van der Waals surface area (Å²) in [5.41, 5.74) is 2.27. The van der Waals surface area contributed by atoms with Gasteiger partial charge in [-0.1, -0.05) is 30.3 Å². The SMILES string of the molecule is COc1ccccc1C(=O)NCC(=O)OCC(=O)N1CCc2ccccc21. The average molecular weight is 368 g/mol. The first kappa shape index (κ1) is 18.4. The Hall–Kier alpha value is -3.35. The molecule has 7 heteroatoms. The molecule has 0 aliphatic carbocycles. The van der Waals surface area contributed by atoms with Gasteiger partial charge in [0.25, 0.3) is 11.8 Å². The maximum Gasteiger partial charge on any atom is 0.325 e. The van der Waals surface area contributed by atoms with Crippen LogP contribution < -0.4 is 15.0 Å². The van der Waals surface area contributed by atoms with Crippen LogP contribution in [0.5, 0.6) is 5.75 Å². The summed E-state index contributed by atoms with van der Waals surface area (Å²) in [7, 11) is 1.46. The molecule has 2 amide bonds. The van der Waals surface area contributed by atoms with E-state index in [1.54, 1.807) is 29.2 Å². The van der Waals surface area contributed by atoms with Crippen LogP contribution in [0.4, 0.5) is 5.69 Å². The molecule has 1 aliphatic rings. The van der Waals surface area contributed by atoms with Crippen molar-refractivity contribution in [2.24, 2.45) is 0 Å². The molecule has 0 unspecified atom stereocenters. The number of hydrogen-bond acceptors (Lipinski definition) is 5. The van der Waals surface area contributed by atoms with Crippen LogP contribution in [0.25, 0.3) is 0 Å². The fraction of sp³-hybridized carbons (Fsp3) is 0.250. The highest BCUT2D eigenvalue weighted by Gasteiger charge is 2.25. The molecule has 7 nitrogen and oxygen atoms in total. The summed E-state index contributed by atoms with van der Waals surface area (Å²) < 4.78 is 10.1. The fourth-order valence-electron chi connectivity index (χ4n) is 2.95. The smallest absolute Gasteiger partial charge is 0.325 e. The molecule has 2 aromatic rings. The second-order valence-electron chi connectivity index (χ2n) is 5.97. The number of ether oxygens (including phenoxy) is 2. The lowest BCUT2D eigenvalue weighted by atomic mass is 10.2. The van der Waals surface area contributed by atoms with Gasteiger partial charge in [-0.2, -0.15) is 0 Å². The van der Waals surface area contributed by atoms with Gasteiger partial charge in [0.1, 0.15) is 12.3 Å². The van der Waals surface area contributed by atoms with E-state index in [1.807, 2.05) is 24.3 Å². The second-order valence-corrected chi connectivity index (χ2v) is 5.97. The molecule has 0 fully saturated rings. The zero-order valence-electron chi connectivity index (χ0n) is 14.9. The van der Waals surface area contributed by atoms with E-state index in [0.717, 1.165) is 17.7 Å². The zero-order valence-corrected chi connectivity index (χ0v) is 14.9. The minimum atomic E-state index is -0.681. The molecule has 1 aliphatic heterocycles. The molecule has 2 aromatic carbocycles. The number of methoxy groups -OCH3 is 1. The van der Waals surface area contributed by atoms with Gasteiger partial charge in [-0.3, -0.25) is 14.4 Å². The zero-order chi connectivity index (χ0) is 19.2. The van der Waals surface area contributed by atoms with Crippen molar-refractivity contribution < 1.29 is 23.9 Å². The molecular formula is C20H20N2O5. The highest BCUT2D eigenvalue weighted by Crippen LogP contribution is 2.27. The van der Waals surface area contributed by atoms with Crippen LogP contribution in [0.2, 0.25) is 0 Å². The highest BCUT2D eigenvalue weighted by atomic mass is 16.5. The third-order valence-corrected chi connectivity index (χ3v) is 4.29. The quantitative estimate of drug-likeness (QED) is 0.782. The van der Waals surface area contributed by atoms with E-state index in [9.17, 15) is 14.4 Å². The molecule has 3 rings (SSSR count). The summed E-state index contributed by atoms with van der Waals surface area (Å²) in [5.74, 6) is -1.01. The van der Waals surface area contributed by atoms with Gasteiger partial charge in [0.15, 0.2) is 6.61 Å². The monoisotopic (exact) mass is 368 g/mol. The minimum absolute atomic E-state index is 0.288. The van der Waals surface area contributed by atoms with Gasteiger partial charge < -0.3 is 19.7 Å². The lowest BCUT2D eigenvalue weighted by molar-refractivity contribution is -0.146.